The first-order valence-corrected chi connectivity index (χ1v) is 13.9. The highest BCUT2D eigenvalue weighted by atomic mass is 16.5. The second-order valence-electron chi connectivity index (χ2n) is 9.15. The van der Waals surface area contributed by atoms with Gasteiger partial charge in [-0.15, -0.1) is 0 Å². The number of carbonyl (C=O) groups excluding carboxylic acids is 5. The fraction of sp³-hybridized carbons (Fsp3) is 0.833. The molecule has 0 aromatic heterocycles. The van der Waals surface area contributed by atoms with Gasteiger partial charge in [-0.1, -0.05) is 28.7 Å². The molecule has 0 bridgehead atoms. The van der Waals surface area contributed by atoms with E-state index in [1.165, 1.54) is 0 Å². The molecule has 0 saturated heterocycles. The van der Waals surface area contributed by atoms with Gasteiger partial charge in [0, 0.05) is 70.6 Å². The van der Waals surface area contributed by atoms with E-state index in [9.17, 15) is 24.0 Å². The van der Waals surface area contributed by atoms with Gasteiger partial charge in [-0.05, 0) is 26.2 Å². The molecule has 1 amide bonds. The van der Waals surface area contributed by atoms with Crippen LogP contribution in [0.4, 0.5) is 0 Å². The Morgan fingerprint density at radius 3 is 1.82 bits per heavy atom. The van der Waals surface area contributed by atoms with Gasteiger partial charge >= 0.3 is 0 Å². The topological polar surface area (TPSA) is 134 Å². The molecule has 0 fully saturated rings. The first kappa shape index (κ1) is 42.5. The summed E-state index contributed by atoms with van der Waals surface area (Å²) in [5, 5.41) is 2.81. The molecule has 0 rings (SSSR count). The van der Waals surface area contributed by atoms with Crippen LogP contribution in [0.25, 0.3) is 0 Å². The van der Waals surface area contributed by atoms with Crippen LogP contribution in [-0.4, -0.2) is 88.9 Å². The molecule has 10 heteroatoms. The number of rotatable bonds is 27. The number of ketones is 4. The van der Waals surface area contributed by atoms with Crippen LogP contribution in [0.5, 0.6) is 0 Å². The van der Waals surface area contributed by atoms with Crippen molar-refractivity contribution < 1.29 is 42.9 Å². The molecule has 10 nitrogen and oxygen atoms in total. The molecular weight excluding hydrogens is 518 g/mol. The van der Waals surface area contributed by atoms with Gasteiger partial charge in [0.15, 0.2) is 5.78 Å². The molecule has 0 aliphatic rings. The fourth-order valence-corrected chi connectivity index (χ4v) is 3.79. The number of methoxy groups -OCH3 is 1. The first-order chi connectivity index (χ1) is 18.3. The molecule has 1 N–H and O–H groups in total. The number of hydrogen-bond donors (Lipinski definition) is 1. The number of ether oxygens (including phenoxy) is 4. The molecule has 0 spiro atoms. The van der Waals surface area contributed by atoms with E-state index in [0.29, 0.717) is 71.9 Å². The number of nitrogens with one attached hydrogen (secondary N) is 1. The van der Waals surface area contributed by atoms with Gasteiger partial charge in [0.25, 0.3) is 0 Å². The first-order valence-electron chi connectivity index (χ1n) is 13.9. The Bertz CT molecular complexity index is 697. The average Bonchev–Trinajstić information content (AvgIpc) is 2.91. The maximum absolute atomic E-state index is 12.8. The van der Waals surface area contributed by atoms with Crippen molar-refractivity contribution in [3.8, 4) is 0 Å². The maximum atomic E-state index is 12.8. The Morgan fingerprint density at radius 1 is 0.650 bits per heavy atom. The van der Waals surface area contributed by atoms with Crippen LogP contribution in [0.2, 0.25) is 0 Å². The lowest BCUT2D eigenvalue weighted by Gasteiger charge is -2.18. The average molecular weight is 576 g/mol. The lowest BCUT2D eigenvalue weighted by molar-refractivity contribution is -0.130. The third-order valence-corrected chi connectivity index (χ3v) is 6.17. The van der Waals surface area contributed by atoms with E-state index in [1.807, 2.05) is 6.92 Å². The van der Waals surface area contributed by atoms with E-state index in [4.69, 9.17) is 18.9 Å². The molecule has 0 aromatic rings. The second kappa shape index (κ2) is 28.5. The third kappa shape index (κ3) is 22.8. The number of carbonyl (C=O) groups is 5. The molecule has 0 aromatic carbocycles. The van der Waals surface area contributed by atoms with Crippen LogP contribution in [0, 0.1) is 11.8 Å². The molecule has 236 valence electrons. The Balaban J connectivity index is -0.00000684. The fourth-order valence-electron chi connectivity index (χ4n) is 3.79. The zero-order valence-electron chi connectivity index (χ0n) is 23.8. The van der Waals surface area contributed by atoms with Gasteiger partial charge in [0.1, 0.15) is 24.0 Å². The van der Waals surface area contributed by atoms with Crippen molar-refractivity contribution in [2.75, 3.05) is 59.9 Å². The largest absolute Gasteiger partial charge is 0.382 e. The predicted octanol–water partition coefficient (Wildman–Crippen LogP) is 4.15. The summed E-state index contributed by atoms with van der Waals surface area (Å²) in [4.78, 5) is 61.8. The Labute approximate surface area is 242 Å². The van der Waals surface area contributed by atoms with Crippen LogP contribution in [0.1, 0.15) is 93.4 Å². The summed E-state index contributed by atoms with van der Waals surface area (Å²) in [5.74, 6) is -1.45. The predicted molar refractivity (Wildman–Crippen MR) is 156 cm³/mol. The zero-order chi connectivity index (χ0) is 28.6. The molecule has 0 heterocycles. The van der Waals surface area contributed by atoms with Crippen LogP contribution >= 0.6 is 0 Å². The number of Topliss-reactive ketones (excluding diaryl/α,β-unsaturated/α-hetero) is 4. The highest BCUT2D eigenvalue weighted by Gasteiger charge is 2.24. The van der Waals surface area contributed by atoms with Crippen LogP contribution in [-0.2, 0) is 42.9 Å². The Hall–Kier alpha value is -2.01. The highest BCUT2D eigenvalue weighted by Crippen LogP contribution is 2.20. The summed E-state index contributed by atoms with van der Waals surface area (Å²) in [6.07, 6.45) is 2.28. The monoisotopic (exact) mass is 575 g/mol. The van der Waals surface area contributed by atoms with Crippen LogP contribution in [0.3, 0.4) is 0 Å². The maximum Gasteiger partial charge on any atom is 0.223 e. The van der Waals surface area contributed by atoms with Gasteiger partial charge in [0.05, 0.1) is 33.0 Å². The Kier molecular flexibility index (Phi) is 30.3. The number of amides is 1. The van der Waals surface area contributed by atoms with Crippen molar-refractivity contribution in [3.63, 3.8) is 0 Å². The van der Waals surface area contributed by atoms with E-state index >= 15 is 0 Å². The van der Waals surface area contributed by atoms with Gasteiger partial charge in [-0.3, -0.25) is 24.0 Å². The van der Waals surface area contributed by atoms with Crippen LogP contribution in [0.15, 0.2) is 0 Å². The quantitative estimate of drug-likeness (QED) is 0.143. The summed E-state index contributed by atoms with van der Waals surface area (Å²) in [6.45, 7) is 8.18. The lowest BCUT2D eigenvalue weighted by atomic mass is 9.87. The van der Waals surface area contributed by atoms with E-state index in [2.05, 4.69) is 5.32 Å². The van der Waals surface area contributed by atoms with Crippen molar-refractivity contribution in [3.05, 3.63) is 0 Å². The van der Waals surface area contributed by atoms with Gasteiger partial charge < -0.3 is 24.3 Å². The standard InChI is InChI=1S/C28H49NO9.2CH4/c1-5-24(30)11-10-23(27(33)6-2)20-25(31)12-8-22(28(34)29-14-15-37-17-16-35-4)9-13-26(32)21-38-19-18-36-7-3;;/h22-23H,5-21H2,1-4H3,(H,29,34);2*1H4. The molecule has 2 atom stereocenters. The minimum Gasteiger partial charge on any atom is -0.382 e. The van der Waals surface area contributed by atoms with E-state index < -0.39 is 11.8 Å². The van der Waals surface area contributed by atoms with E-state index in [1.54, 1.807) is 21.0 Å². The minimum absolute atomic E-state index is 0. The van der Waals surface area contributed by atoms with Gasteiger partial charge in [0.2, 0.25) is 5.91 Å². The molecule has 0 radical (unpaired) electrons. The van der Waals surface area contributed by atoms with Gasteiger partial charge in [-0.2, -0.15) is 0 Å². The van der Waals surface area contributed by atoms with E-state index in [0.717, 1.165) is 0 Å². The third-order valence-electron chi connectivity index (χ3n) is 6.17. The van der Waals surface area contributed by atoms with Crippen molar-refractivity contribution >= 4 is 29.0 Å². The summed E-state index contributed by atoms with van der Waals surface area (Å²) in [6, 6.07) is 0. The molecule has 0 aliphatic carbocycles. The summed E-state index contributed by atoms with van der Waals surface area (Å²) < 4.78 is 20.8. The minimum atomic E-state index is -0.535. The summed E-state index contributed by atoms with van der Waals surface area (Å²) >= 11 is 0. The van der Waals surface area contributed by atoms with Crippen LogP contribution < -0.4 is 5.32 Å². The molecule has 2 unspecified atom stereocenters. The number of hydrogen-bond acceptors (Lipinski definition) is 9. The second-order valence-corrected chi connectivity index (χ2v) is 9.15. The van der Waals surface area contributed by atoms with Crippen molar-refractivity contribution in [2.45, 2.75) is 93.4 Å². The van der Waals surface area contributed by atoms with Crippen molar-refractivity contribution in [2.24, 2.45) is 11.8 Å². The smallest absolute Gasteiger partial charge is 0.223 e. The summed E-state index contributed by atoms with van der Waals surface area (Å²) in [5.41, 5.74) is 0. The van der Waals surface area contributed by atoms with Gasteiger partial charge in [-0.25, -0.2) is 0 Å². The molecule has 0 aliphatic heterocycles. The van der Waals surface area contributed by atoms with Crippen molar-refractivity contribution in [1.82, 2.24) is 5.32 Å². The lowest BCUT2D eigenvalue weighted by Crippen LogP contribution is -2.34. The molecule has 40 heavy (non-hydrogen) atoms. The SMILES string of the molecule is C.C.CCOCCOCC(=O)CCC(CCC(=O)CC(CCC(=O)CC)C(=O)CC)C(=O)NCCOCCOC. The van der Waals surface area contributed by atoms with E-state index in [-0.39, 0.29) is 82.6 Å². The van der Waals surface area contributed by atoms with Crippen molar-refractivity contribution in [1.29, 1.82) is 0 Å². The normalized spacial score (nSPS) is 12.0. The highest BCUT2D eigenvalue weighted by molar-refractivity contribution is 5.89. The molecular formula is C30H57NO9. The molecule has 0 saturated carbocycles. The zero-order valence-corrected chi connectivity index (χ0v) is 23.8. The Morgan fingerprint density at radius 2 is 1.23 bits per heavy atom. The summed E-state index contributed by atoms with van der Waals surface area (Å²) in [7, 11) is 1.58.